The van der Waals surface area contributed by atoms with Crippen molar-refractivity contribution >= 4 is 14.8 Å². The summed E-state index contributed by atoms with van der Waals surface area (Å²) in [6, 6.07) is 2.78. The molecule has 8 heteroatoms. The predicted molar refractivity (Wildman–Crippen MR) is 161 cm³/mol. The van der Waals surface area contributed by atoms with E-state index < -0.39 is 8.53 Å². The Labute approximate surface area is 228 Å². The molecule has 2 unspecified atom stereocenters. The number of carbonyl (C=O) groups excluding carboxylic acids is 1. The topological polar surface area (TPSA) is 86.6 Å². The first-order valence-electron chi connectivity index (χ1n) is 13.6. The van der Waals surface area contributed by atoms with Crippen LogP contribution >= 0.6 is 8.53 Å². The molecule has 0 aromatic heterocycles. The van der Waals surface area contributed by atoms with Crippen LogP contribution in [0.4, 0.5) is 0 Å². The van der Waals surface area contributed by atoms with Gasteiger partial charge in [-0.25, -0.2) is 4.67 Å². The van der Waals surface area contributed by atoms with E-state index in [1.165, 1.54) is 0 Å². The molecule has 0 amide bonds. The lowest BCUT2D eigenvalue weighted by Crippen LogP contribution is -2.35. The summed E-state index contributed by atoms with van der Waals surface area (Å²) in [5.41, 5.74) is 0.0999. The second kappa shape index (κ2) is 29.0. The Morgan fingerprint density at radius 2 is 1.36 bits per heavy atom. The van der Waals surface area contributed by atoms with E-state index in [0.29, 0.717) is 25.1 Å². The van der Waals surface area contributed by atoms with Gasteiger partial charge in [0.2, 0.25) is 0 Å². The molecule has 0 aliphatic rings. The summed E-state index contributed by atoms with van der Waals surface area (Å²) in [5, 5.41) is 14.5. The summed E-state index contributed by atoms with van der Waals surface area (Å²) in [6.45, 7) is 30.2. The minimum Gasteiger partial charge on any atom is -0.323 e. The molecule has 0 aromatic carbocycles. The van der Waals surface area contributed by atoms with Crippen LogP contribution < -0.4 is 10.6 Å². The van der Waals surface area contributed by atoms with Crippen LogP contribution in [0.5, 0.6) is 0 Å². The largest absolute Gasteiger partial charge is 0.323 e. The molecule has 7 nitrogen and oxygen atoms in total. The zero-order valence-corrected chi connectivity index (χ0v) is 28.1. The molecular formula is C28H65N4O3P. The molecule has 220 valence electrons. The average molecular weight is 537 g/mol. The van der Waals surface area contributed by atoms with E-state index in [-0.39, 0.29) is 16.9 Å². The second-order valence-corrected chi connectivity index (χ2v) is 11.8. The predicted octanol–water partition coefficient (Wildman–Crippen LogP) is 7.42. The van der Waals surface area contributed by atoms with Crippen LogP contribution in [-0.4, -0.2) is 63.4 Å². The monoisotopic (exact) mass is 536 g/mol. The molecular weight excluding hydrogens is 471 g/mol. The summed E-state index contributed by atoms with van der Waals surface area (Å²) in [5.74, 6) is 0. The maximum absolute atomic E-state index is 10.5. The fourth-order valence-electron chi connectivity index (χ4n) is 3.18. The van der Waals surface area contributed by atoms with Crippen molar-refractivity contribution in [3.05, 3.63) is 0 Å². The maximum atomic E-state index is 10.5. The Bertz CT molecular complexity index is 482. The van der Waals surface area contributed by atoms with Crippen LogP contribution in [0.3, 0.4) is 0 Å². The summed E-state index contributed by atoms with van der Waals surface area (Å²) in [7, 11) is 4.53. The van der Waals surface area contributed by atoms with E-state index in [0.717, 1.165) is 19.3 Å². The minimum atomic E-state index is -1.12. The molecule has 0 aliphatic carbocycles. The number of likely N-dealkylation sites (N-methyl/N-ethyl adjacent to an activating group) is 1. The van der Waals surface area contributed by atoms with Crippen molar-refractivity contribution in [1.82, 2.24) is 15.3 Å². The van der Waals surface area contributed by atoms with E-state index in [9.17, 15) is 4.79 Å². The number of nitrogens with zero attached hydrogens (tertiary/aromatic N) is 2. The molecule has 0 fully saturated rings. The van der Waals surface area contributed by atoms with Gasteiger partial charge < -0.3 is 24.5 Å². The van der Waals surface area contributed by atoms with Crippen LogP contribution in [0.15, 0.2) is 0 Å². The number of hydrogen-bond acceptors (Lipinski definition) is 7. The second-order valence-electron chi connectivity index (χ2n) is 10.4. The van der Waals surface area contributed by atoms with Crippen molar-refractivity contribution in [3.63, 3.8) is 0 Å². The van der Waals surface area contributed by atoms with Crippen molar-refractivity contribution in [2.75, 3.05) is 34.3 Å². The molecule has 0 rings (SSSR count). The summed E-state index contributed by atoms with van der Waals surface area (Å²) in [4.78, 5) is 10.5. The fraction of sp³-hybridized carbons (Fsp3) is 0.929. The quantitative estimate of drug-likeness (QED) is 0.152. The van der Waals surface area contributed by atoms with E-state index in [1.54, 1.807) is 0 Å². The Morgan fingerprint density at radius 1 is 0.944 bits per heavy atom. The lowest BCUT2D eigenvalue weighted by molar-refractivity contribution is -0.116. The zero-order chi connectivity index (χ0) is 30.0. The molecule has 0 spiro atoms. The Morgan fingerprint density at radius 3 is 1.61 bits per heavy atom. The fourth-order valence-corrected chi connectivity index (χ4v) is 4.87. The zero-order valence-electron chi connectivity index (χ0n) is 27.2. The van der Waals surface area contributed by atoms with Gasteiger partial charge in [-0.05, 0) is 67.6 Å². The third-order valence-corrected chi connectivity index (χ3v) is 5.97. The first-order valence-corrected chi connectivity index (χ1v) is 14.7. The van der Waals surface area contributed by atoms with Gasteiger partial charge in [-0.3, -0.25) is 0 Å². The number of carbonyl (C=O) groups is 1. The molecule has 0 saturated carbocycles. The van der Waals surface area contributed by atoms with E-state index >= 15 is 0 Å². The van der Waals surface area contributed by atoms with Gasteiger partial charge in [0.25, 0.3) is 8.53 Å². The SMILES string of the molecule is CC.CC.CC(C)(C)CC(C)(C)C=O.CNC.CNCC(C)OP(OCCC#N)N(C(C)C)C(C)C. The van der Waals surface area contributed by atoms with E-state index in [4.69, 9.17) is 14.3 Å². The smallest absolute Gasteiger partial charge is 0.259 e. The summed E-state index contributed by atoms with van der Waals surface area (Å²) < 4.78 is 14.1. The number of rotatable bonds is 12. The molecule has 0 heterocycles. The lowest BCUT2D eigenvalue weighted by Gasteiger charge is -2.36. The molecule has 2 atom stereocenters. The van der Waals surface area contributed by atoms with Gasteiger partial charge in [-0.15, -0.1) is 0 Å². The van der Waals surface area contributed by atoms with Crippen LogP contribution in [0.25, 0.3) is 0 Å². The standard InChI is InChI=1S/C13H28N3O2P.C9H18O.C2H7N.2C2H6/c1-11(2)16(12(3)4)19(17-9-7-8-14)18-13(5)10-15-6;1-8(2,3)6-9(4,5)7-10;1-3-2;2*1-2/h11-13,15H,7,9-10H2,1-6H3;7H,6H2,1-5H3;3H,1-2H3;2*1-2H3. The molecule has 0 aromatic rings. The molecule has 0 radical (unpaired) electrons. The highest BCUT2D eigenvalue weighted by atomic mass is 31.2. The van der Waals surface area contributed by atoms with Crippen LogP contribution in [0, 0.1) is 22.2 Å². The third kappa shape index (κ3) is 33.4. The normalized spacial score (nSPS) is 12.4. The Balaban J connectivity index is -0.000000158. The highest BCUT2D eigenvalue weighted by molar-refractivity contribution is 7.44. The molecule has 36 heavy (non-hydrogen) atoms. The van der Waals surface area contributed by atoms with Gasteiger partial charge in [0, 0.05) is 24.0 Å². The first-order chi connectivity index (χ1) is 16.6. The lowest BCUT2D eigenvalue weighted by atomic mass is 9.77. The average Bonchev–Trinajstić information content (AvgIpc) is 2.76. The molecule has 0 aliphatic heterocycles. The van der Waals surface area contributed by atoms with Gasteiger partial charge >= 0.3 is 0 Å². The third-order valence-electron chi connectivity index (χ3n) is 3.73. The number of nitrogens with one attached hydrogen (secondary N) is 2. The molecule has 2 N–H and O–H groups in total. The summed E-state index contributed by atoms with van der Waals surface area (Å²) in [6.07, 6.45) is 2.46. The Kier molecular flexibility index (Phi) is 36.4. The van der Waals surface area contributed by atoms with Crippen LogP contribution in [0.2, 0.25) is 0 Å². The van der Waals surface area contributed by atoms with E-state index in [1.807, 2.05) is 69.6 Å². The highest BCUT2D eigenvalue weighted by Crippen LogP contribution is 2.46. The van der Waals surface area contributed by atoms with Gasteiger partial charge in [-0.2, -0.15) is 5.26 Å². The Hall–Kier alpha value is -0.610. The van der Waals surface area contributed by atoms with Crippen molar-refractivity contribution < 1.29 is 13.8 Å². The van der Waals surface area contributed by atoms with Crippen molar-refractivity contribution in [2.24, 2.45) is 10.8 Å². The molecule has 0 bridgehead atoms. The van der Waals surface area contributed by atoms with Crippen LogP contribution in [0.1, 0.15) is 110 Å². The maximum Gasteiger partial charge on any atom is 0.259 e. The van der Waals surface area contributed by atoms with Gasteiger partial charge in [-0.1, -0.05) is 62.3 Å². The molecule has 0 saturated heterocycles. The number of aldehydes is 1. The number of hydrogen-bond donors (Lipinski definition) is 2. The van der Waals surface area contributed by atoms with E-state index in [2.05, 4.69) is 69.8 Å². The highest BCUT2D eigenvalue weighted by Gasteiger charge is 2.28. The van der Waals surface area contributed by atoms with Gasteiger partial charge in [0.05, 0.1) is 25.2 Å². The van der Waals surface area contributed by atoms with Gasteiger partial charge in [0.1, 0.15) is 6.29 Å². The van der Waals surface area contributed by atoms with Crippen molar-refractivity contribution in [1.29, 1.82) is 5.26 Å². The van der Waals surface area contributed by atoms with Gasteiger partial charge in [0.15, 0.2) is 0 Å². The minimum absolute atomic E-state index is 0.0817. The van der Waals surface area contributed by atoms with Crippen molar-refractivity contribution in [3.8, 4) is 6.07 Å². The van der Waals surface area contributed by atoms with Crippen molar-refractivity contribution in [2.45, 2.75) is 128 Å². The van der Waals surface area contributed by atoms with Crippen LogP contribution in [-0.2, 0) is 13.8 Å². The number of nitriles is 1. The summed E-state index contributed by atoms with van der Waals surface area (Å²) >= 11 is 0. The first kappa shape index (κ1) is 45.3.